The minimum atomic E-state index is -1.10. The Kier molecular flexibility index (Phi) is 10.2. The van der Waals surface area contributed by atoms with Crippen LogP contribution in [0.2, 0.25) is 0 Å². The number of carbonyl (C=O) groups is 2. The summed E-state index contributed by atoms with van der Waals surface area (Å²) in [5.74, 6) is -0.914. The van der Waals surface area contributed by atoms with E-state index in [2.05, 4.69) is 10.3 Å². The molecule has 1 amide bonds. The molecule has 0 heterocycles. The zero-order valence-electron chi connectivity index (χ0n) is 11.9. The maximum Gasteiger partial charge on any atom is 0.408 e. The maximum absolute atomic E-state index is 10.8. The van der Waals surface area contributed by atoms with Gasteiger partial charge in [-0.05, 0) is 27.2 Å². The molecule has 0 saturated carbocycles. The van der Waals surface area contributed by atoms with Crippen LogP contribution in [0.15, 0.2) is 4.99 Å². The lowest BCUT2D eigenvalue weighted by Gasteiger charge is -2.19. The molecule has 112 valence electrons. The predicted molar refractivity (Wildman–Crippen MR) is 72.8 cm³/mol. The topological polar surface area (TPSA) is 140 Å². The van der Waals surface area contributed by atoms with Gasteiger partial charge in [-0.15, -0.1) is 0 Å². The molecule has 0 bridgehead atoms. The predicted octanol–water partition coefficient (Wildman–Crippen LogP) is 0.266. The van der Waals surface area contributed by atoms with Crippen LogP contribution in [0.25, 0.3) is 0 Å². The zero-order chi connectivity index (χ0) is 15.5. The second kappa shape index (κ2) is 9.98. The lowest BCUT2D eigenvalue weighted by Crippen LogP contribution is -2.35. The van der Waals surface area contributed by atoms with Crippen molar-refractivity contribution in [2.75, 3.05) is 13.1 Å². The van der Waals surface area contributed by atoms with Gasteiger partial charge in [-0.25, -0.2) is 4.79 Å². The van der Waals surface area contributed by atoms with Crippen LogP contribution in [-0.4, -0.2) is 41.8 Å². The molecule has 0 aromatic carbocycles. The molecule has 0 rings (SSSR count). The van der Waals surface area contributed by atoms with Crippen LogP contribution < -0.4 is 16.8 Å². The van der Waals surface area contributed by atoms with E-state index >= 15 is 0 Å². The van der Waals surface area contributed by atoms with Crippen LogP contribution in [0, 0.1) is 0 Å². The van der Waals surface area contributed by atoms with Crippen molar-refractivity contribution in [3.05, 3.63) is 0 Å². The molecule has 0 atom stereocenters. The average molecular weight is 276 g/mol. The molecule has 0 fully saturated rings. The molecular weight excluding hydrogens is 252 g/mol. The van der Waals surface area contributed by atoms with Gasteiger partial charge in [-0.1, -0.05) is 6.92 Å². The monoisotopic (exact) mass is 276 g/mol. The maximum atomic E-state index is 10.8. The number of aliphatic carboxylic acids is 1. The lowest BCUT2D eigenvalue weighted by molar-refractivity contribution is -0.136. The number of carboxylic acid groups (broad SMARTS) is 1. The summed E-state index contributed by atoms with van der Waals surface area (Å²) >= 11 is 0. The van der Waals surface area contributed by atoms with Crippen LogP contribution in [0.5, 0.6) is 0 Å². The van der Waals surface area contributed by atoms with Gasteiger partial charge in [0, 0.05) is 6.54 Å². The van der Waals surface area contributed by atoms with E-state index in [1.165, 1.54) is 0 Å². The number of carbonyl (C=O) groups excluding carboxylic acids is 1. The lowest BCUT2D eigenvalue weighted by atomic mass is 10.2. The number of nitrogens with one attached hydrogen (secondary N) is 1. The Morgan fingerprint density at radius 3 is 2.11 bits per heavy atom. The van der Waals surface area contributed by atoms with Crippen molar-refractivity contribution < 1.29 is 19.4 Å². The van der Waals surface area contributed by atoms with Crippen molar-refractivity contribution in [2.24, 2.45) is 16.5 Å². The van der Waals surface area contributed by atoms with E-state index in [4.69, 9.17) is 21.3 Å². The molecule has 0 aliphatic rings. The standard InChI is InChI=1S/C7H13NO4.C4H11N3/c1-7(2,3)12-6(11)8-4-5(9)10;1-2-3-7-4(5)6/h4H2,1-3H3,(H,8,11)(H,9,10);2-3H2,1H3,(H4,5,6,7). The number of hydrogen-bond donors (Lipinski definition) is 4. The van der Waals surface area contributed by atoms with Crippen molar-refractivity contribution >= 4 is 18.0 Å². The third-order valence-corrected chi connectivity index (χ3v) is 1.30. The summed E-state index contributed by atoms with van der Waals surface area (Å²) in [6.07, 6.45) is 0.280. The number of ether oxygens (including phenoxy) is 1. The highest BCUT2D eigenvalue weighted by molar-refractivity contribution is 5.76. The number of alkyl carbamates (subject to hydrolysis) is 1. The fraction of sp³-hybridized carbons (Fsp3) is 0.727. The van der Waals surface area contributed by atoms with Gasteiger partial charge in [-0.3, -0.25) is 9.79 Å². The van der Waals surface area contributed by atoms with Crippen molar-refractivity contribution in [3.63, 3.8) is 0 Å². The number of amides is 1. The molecule has 0 aliphatic carbocycles. The van der Waals surface area contributed by atoms with E-state index in [1.807, 2.05) is 6.92 Å². The van der Waals surface area contributed by atoms with Gasteiger partial charge >= 0.3 is 12.1 Å². The van der Waals surface area contributed by atoms with Crippen molar-refractivity contribution in [1.82, 2.24) is 5.32 Å². The van der Waals surface area contributed by atoms with Crippen LogP contribution in [0.4, 0.5) is 4.79 Å². The number of nitrogens with two attached hydrogens (primary N) is 2. The van der Waals surface area contributed by atoms with Gasteiger partial charge in [0.05, 0.1) is 0 Å². The molecule has 19 heavy (non-hydrogen) atoms. The van der Waals surface area contributed by atoms with Gasteiger partial charge in [-0.2, -0.15) is 0 Å². The summed E-state index contributed by atoms with van der Waals surface area (Å²) in [5.41, 5.74) is 9.42. The molecule has 0 aromatic rings. The van der Waals surface area contributed by atoms with Gasteiger partial charge in [0.1, 0.15) is 12.1 Å². The largest absolute Gasteiger partial charge is 0.480 e. The summed E-state index contributed by atoms with van der Waals surface area (Å²) in [7, 11) is 0. The van der Waals surface area contributed by atoms with E-state index in [0.29, 0.717) is 0 Å². The Morgan fingerprint density at radius 1 is 1.32 bits per heavy atom. The normalized spacial score (nSPS) is 9.68. The van der Waals surface area contributed by atoms with Gasteiger partial charge in [0.25, 0.3) is 0 Å². The molecule has 0 aromatic heterocycles. The minimum Gasteiger partial charge on any atom is -0.480 e. The first-order valence-electron chi connectivity index (χ1n) is 5.82. The first-order valence-corrected chi connectivity index (χ1v) is 5.82. The SMILES string of the molecule is CC(C)(C)OC(=O)NCC(=O)O.CCCN=C(N)N. The zero-order valence-corrected chi connectivity index (χ0v) is 11.9. The average Bonchev–Trinajstić information content (AvgIpc) is 2.22. The van der Waals surface area contributed by atoms with E-state index in [-0.39, 0.29) is 5.96 Å². The summed E-state index contributed by atoms with van der Waals surface area (Å²) in [5, 5.41) is 10.3. The van der Waals surface area contributed by atoms with Crippen molar-refractivity contribution in [3.8, 4) is 0 Å². The number of aliphatic imine (C=N–C) groups is 1. The first-order chi connectivity index (χ1) is 8.58. The van der Waals surface area contributed by atoms with E-state index < -0.39 is 24.2 Å². The van der Waals surface area contributed by atoms with E-state index in [1.54, 1.807) is 20.8 Å². The van der Waals surface area contributed by atoms with E-state index in [9.17, 15) is 9.59 Å². The summed E-state index contributed by atoms with van der Waals surface area (Å²) in [6.45, 7) is 7.44. The number of rotatable bonds is 4. The van der Waals surface area contributed by atoms with Gasteiger partial charge in [0.2, 0.25) is 0 Å². The second-order valence-corrected chi connectivity index (χ2v) is 4.56. The smallest absolute Gasteiger partial charge is 0.408 e. The second-order valence-electron chi connectivity index (χ2n) is 4.56. The van der Waals surface area contributed by atoms with Gasteiger partial charge < -0.3 is 26.6 Å². The highest BCUT2D eigenvalue weighted by atomic mass is 16.6. The molecule has 0 radical (unpaired) electrons. The molecular formula is C11H24N4O4. The number of guanidine groups is 1. The molecule has 0 unspecified atom stereocenters. The third kappa shape index (κ3) is 21.8. The van der Waals surface area contributed by atoms with Crippen LogP contribution in [0.3, 0.4) is 0 Å². The molecule has 0 aliphatic heterocycles. The van der Waals surface area contributed by atoms with Crippen molar-refractivity contribution in [2.45, 2.75) is 39.7 Å². The molecule has 0 saturated heterocycles. The first kappa shape index (κ1) is 19.4. The highest BCUT2D eigenvalue weighted by Gasteiger charge is 2.15. The summed E-state index contributed by atoms with van der Waals surface area (Å²) in [6, 6.07) is 0. The molecule has 6 N–H and O–H groups in total. The Labute approximate surface area is 113 Å². The molecule has 8 nitrogen and oxygen atoms in total. The minimum absolute atomic E-state index is 0.182. The summed E-state index contributed by atoms with van der Waals surface area (Å²) in [4.78, 5) is 24.5. The summed E-state index contributed by atoms with van der Waals surface area (Å²) < 4.78 is 4.77. The van der Waals surface area contributed by atoms with E-state index in [0.717, 1.165) is 13.0 Å². The Morgan fingerprint density at radius 2 is 1.84 bits per heavy atom. The number of carboxylic acids is 1. The quantitative estimate of drug-likeness (QED) is 0.429. The molecule has 8 heteroatoms. The van der Waals surface area contributed by atoms with Crippen LogP contribution >= 0.6 is 0 Å². The third-order valence-electron chi connectivity index (χ3n) is 1.30. The van der Waals surface area contributed by atoms with Gasteiger partial charge in [0.15, 0.2) is 5.96 Å². The van der Waals surface area contributed by atoms with Crippen molar-refractivity contribution in [1.29, 1.82) is 0 Å². The van der Waals surface area contributed by atoms with Crippen LogP contribution in [-0.2, 0) is 9.53 Å². The molecule has 0 spiro atoms. The Hall–Kier alpha value is -1.99. The fourth-order valence-corrected chi connectivity index (χ4v) is 0.703. The highest BCUT2D eigenvalue weighted by Crippen LogP contribution is 2.05. The Bertz CT molecular complexity index is 306. The number of hydrogen-bond acceptors (Lipinski definition) is 4. The number of nitrogens with zero attached hydrogens (tertiary/aromatic N) is 1. The Balaban J connectivity index is 0. The van der Waals surface area contributed by atoms with Crippen LogP contribution in [0.1, 0.15) is 34.1 Å². The fourth-order valence-electron chi connectivity index (χ4n) is 0.703.